The third-order valence-electron chi connectivity index (χ3n) is 4.35. The highest BCUT2D eigenvalue weighted by Crippen LogP contribution is 2.28. The molecule has 146 valence electrons. The smallest absolute Gasteiger partial charge is 0.317 e. The first-order valence-electron chi connectivity index (χ1n) is 8.70. The maximum absolute atomic E-state index is 12.9. The summed E-state index contributed by atoms with van der Waals surface area (Å²) in [6, 6.07) is 6.92. The van der Waals surface area contributed by atoms with E-state index in [-0.39, 0.29) is 23.6 Å². The van der Waals surface area contributed by atoms with Crippen LogP contribution in [0.1, 0.15) is 6.92 Å². The van der Waals surface area contributed by atoms with E-state index >= 15 is 0 Å². The van der Waals surface area contributed by atoms with Crippen molar-refractivity contribution in [2.24, 2.45) is 0 Å². The number of imidazole rings is 1. The normalized spacial score (nSPS) is 14.8. The molecule has 0 atom stereocenters. The molecule has 0 radical (unpaired) electrons. The van der Waals surface area contributed by atoms with Crippen LogP contribution < -0.4 is 5.32 Å². The van der Waals surface area contributed by atoms with Crippen LogP contribution in [0.5, 0.6) is 0 Å². The molecule has 0 unspecified atom stereocenters. The number of fused-ring (bicyclic) bond motifs is 1. The number of amides is 3. The van der Waals surface area contributed by atoms with E-state index in [0.29, 0.717) is 55.5 Å². The van der Waals surface area contributed by atoms with Crippen molar-refractivity contribution in [3.05, 3.63) is 24.3 Å². The zero-order valence-electron chi connectivity index (χ0n) is 14.9. The number of nitrogens with zero attached hydrogens (tertiary/aromatic N) is 4. The molecule has 1 saturated heterocycles. The minimum atomic E-state index is -2.61. The summed E-state index contributed by atoms with van der Waals surface area (Å²) in [5.41, 5.74) is 1.23. The molecule has 0 aliphatic carbocycles. The van der Waals surface area contributed by atoms with E-state index in [4.69, 9.17) is 0 Å². The molecule has 1 aliphatic heterocycles. The topological polar surface area (TPSA) is 70.5 Å². The summed E-state index contributed by atoms with van der Waals surface area (Å²) in [5.74, 6) is -2.79. The van der Waals surface area contributed by atoms with Gasteiger partial charge in [-0.2, -0.15) is 8.78 Å². The van der Waals surface area contributed by atoms with Gasteiger partial charge in [-0.3, -0.25) is 4.79 Å². The molecule has 2 heterocycles. The Bertz CT molecular complexity index is 821. The number of aromatic nitrogens is 2. The third kappa shape index (κ3) is 4.49. The Morgan fingerprint density at radius 3 is 2.52 bits per heavy atom. The predicted octanol–water partition coefficient (Wildman–Crippen LogP) is 2.22. The quantitative estimate of drug-likeness (QED) is 0.786. The molecule has 10 heteroatoms. The van der Waals surface area contributed by atoms with E-state index in [2.05, 4.69) is 10.3 Å². The highest BCUT2D eigenvalue weighted by molar-refractivity contribution is 7.99. The van der Waals surface area contributed by atoms with Gasteiger partial charge in [0, 0.05) is 32.7 Å². The number of urea groups is 1. The van der Waals surface area contributed by atoms with E-state index in [1.54, 1.807) is 34.1 Å². The lowest BCUT2D eigenvalue weighted by Gasteiger charge is -2.34. The van der Waals surface area contributed by atoms with E-state index in [1.807, 2.05) is 6.92 Å². The number of hydrogen-bond donors (Lipinski definition) is 1. The monoisotopic (exact) mass is 397 g/mol. The van der Waals surface area contributed by atoms with Crippen molar-refractivity contribution in [2.75, 3.05) is 32.7 Å². The van der Waals surface area contributed by atoms with Crippen LogP contribution in [0.2, 0.25) is 0 Å². The Morgan fingerprint density at radius 2 is 1.85 bits per heavy atom. The Kier molecular flexibility index (Phi) is 6.15. The summed E-state index contributed by atoms with van der Waals surface area (Å²) in [4.78, 5) is 32.1. The van der Waals surface area contributed by atoms with Gasteiger partial charge in [0.05, 0.1) is 11.0 Å². The van der Waals surface area contributed by atoms with Gasteiger partial charge in [-0.05, 0) is 30.8 Å². The molecule has 1 N–H and O–H groups in total. The summed E-state index contributed by atoms with van der Waals surface area (Å²) in [6.45, 7) is 4.07. The molecular formula is C17H21F2N5O2S. The van der Waals surface area contributed by atoms with Gasteiger partial charge in [0.15, 0.2) is 5.16 Å². The summed E-state index contributed by atoms with van der Waals surface area (Å²) in [7, 11) is 0. The second-order valence-electron chi connectivity index (χ2n) is 6.05. The molecule has 1 aromatic heterocycles. The number of carbonyl (C=O) groups excluding carboxylic acids is 2. The summed E-state index contributed by atoms with van der Waals surface area (Å²) in [6.07, 6.45) is 0. The van der Waals surface area contributed by atoms with Gasteiger partial charge in [-0.1, -0.05) is 12.1 Å². The van der Waals surface area contributed by atoms with Crippen molar-refractivity contribution in [3.8, 4) is 0 Å². The highest BCUT2D eigenvalue weighted by atomic mass is 32.2. The van der Waals surface area contributed by atoms with Crippen LogP contribution in [0, 0.1) is 0 Å². The zero-order chi connectivity index (χ0) is 19.4. The van der Waals surface area contributed by atoms with Gasteiger partial charge in [0.2, 0.25) is 5.91 Å². The average Bonchev–Trinajstić information content (AvgIpc) is 2.98. The van der Waals surface area contributed by atoms with Gasteiger partial charge in [0.25, 0.3) is 5.76 Å². The van der Waals surface area contributed by atoms with E-state index in [1.165, 1.54) is 4.57 Å². The van der Waals surface area contributed by atoms with Gasteiger partial charge >= 0.3 is 6.03 Å². The van der Waals surface area contributed by atoms with Crippen LogP contribution in [0.15, 0.2) is 29.4 Å². The van der Waals surface area contributed by atoms with Gasteiger partial charge in [-0.15, -0.1) is 0 Å². The Balaban J connectivity index is 1.70. The summed E-state index contributed by atoms with van der Waals surface area (Å²) >= 11 is 0.336. The fourth-order valence-electron chi connectivity index (χ4n) is 3.03. The van der Waals surface area contributed by atoms with Crippen LogP contribution in [0.4, 0.5) is 13.6 Å². The maximum Gasteiger partial charge on any atom is 0.317 e. The lowest BCUT2D eigenvalue weighted by molar-refractivity contribution is -0.133. The molecule has 27 heavy (non-hydrogen) atoms. The fourth-order valence-corrected chi connectivity index (χ4v) is 3.63. The number of piperazine rings is 1. The van der Waals surface area contributed by atoms with Crippen molar-refractivity contribution < 1.29 is 18.4 Å². The van der Waals surface area contributed by atoms with Gasteiger partial charge in [0.1, 0.15) is 6.54 Å². The average molecular weight is 397 g/mol. The number of thioether (sulfide) groups is 1. The van der Waals surface area contributed by atoms with Crippen LogP contribution in [-0.2, 0) is 11.3 Å². The zero-order valence-corrected chi connectivity index (χ0v) is 15.7. The minimum absolute atomic E-state index is 0.0588. The molecule has 1 fully saturated rings. The van der Waals surface area contributed by atoms with Gasteiger partial charge in [-0.25, -0.2) is 9.78 Å². The molecule has 0 bridgehead atoms. The van der Waals surface area contributed by atoms with E-state index in [0.717, 1.165) is 0 Å². The number of alkyl halides is 2. The van der Waals surface area contributed by atoms with Crippen LogP contribution in [0.3, 0.4) is 0 Å². The fraction of sp³-hybridized carbons (Fsp3) is 0.471. The highest BCUT2D eigenvalue weighted by Gasteiger charge is 2.25. The number of benzene rings is 1. The second kappa shape index (κ2) is 8.55. The first kappa shape index (κ1) is 19.4. The molecule has 7 nitrogen and oxygen atoms in total. The van der Waals surface area contributed by atoms with E-state index in [9.17, 15) is 18.4 Å². The third-order valence-corrected chi connectivity index (χ3v) is 5.06. The Morgan fingerprint density at radius 1 is 1.19 bits per heavy atom. The SMILES string of the molecule is CCNC(=O)N1CCN(C(=O)Cn2c(SC(F)F)nc3ccccc32)CC1. The molecule has 3 amide bonds. The summed E-state index contributed by atoms with van der Waals surface area (Å²) < 4.78 is 27.3. The lowest BCUT2D eigenvalue weighted by atomic mass is 10.3. The molecule has 2 aromatic rings. The molecule has 0 saturated carbocycles. The Labute approximate surface area is 159 Å². The number of halogens is 2. The number of carbonyl (C=O) groups is 2. The standard InChI is InChI=1S/C17H21F2N5O2S/c1-2-20-16(26)23-9-7-22(8-10-23)14(25)11-24-13-6-4-3-5-12(13)21-17(24)27-15(18)19/h3-6,15H,2,7-11H2,1H3,(H,20,26). The molecule has 3 rings (SSSR count). The first-order chi connectivity index (χ1) is 13.0. The number of rotatable bonds is 5. The summed E-state index contributed by atoms with van der Waals surface area (Å²) in [5, 5.41) is 2.86. The predicted molar refractivity (Wildman–Crippen MR) is 98.8 cm³/mol. The van der Waals surface area contributed by atoms with Crippen molar-refractivity contribution in [1.29, 1.82) is 0 Å². The molecule has 0 spiro atoms. The van der Waals surface area contributed by atoms with Crippen LogP contribution in [0.25, 0.3) is 11.0 Å². The van der Waals surface area contributed by atoms with Crippen molar-refractivity contribution >= 4 is 34.7 Å². The Hall–Kier alpha value is -2.36. The van der Waals surface area contributed by atoms with Gasteiger partial charge < -0.3 is 19.7 Å². The van der Waals surface area contributed by atoms with Crippen molar-refractivity contribution in [2.45, 2.75) is 24.4 Å². The van der Waals surface area contributed by atoms with Crippen LogP contribution in [-0.4, -0.2) is 69.8 Å². The number of hydrogen-bond acceptors (Lipinski definition) is 4. The van der Waals surface area contributed by atoms with Crippen molar-refractivity contribution in [1.82, 2.24) is 24.7 Å². The largest absolute Gasteiger partial charge is 0.338 e. The molecule has 1 aromatic carbocycles. The molecule has 1 aliphatic rings. The van der Waals surface area contributed by atoms with Crippen LogP contribution >= 0.6 is 11.8 Å². The first-order valence-corrected chi connectivity index (χ1v) is 9.58. The second-order valence-corrected chi connectivity index (χ2v) is 7.01. The lowest BCUT2D eigenvalue weighted by Crippen LogP contribution is -2.53. The minimum Gasteiger partial charge on any atom is -0.338 e. The molecular weight excluding hydrogens is 376 g/mol. The number of para-hydroxylation sites is 2. The van der Waals surface area contributed by atoms with Crippen molar-refractivity contribution in [3.63, 3.8) is 0 Å². The van der Waals surface area contributed by atoms with E-state index < -0.39 is 5.76 Å². The number of nitrogens with one attached hydrogen (secondary N) is 1. The maximum atomic E-state index is 12.9.